The van der Waals surface area contributed by atoms with Gasteiger partial charge < -0.3 is 10.0 Å². The second-order valence-electron chi connectivity index (χ2n) is 5.17. The highest BCUT2D eigenvalue weighted by molar-refractivity contribution is 5.46. The third-order valence-electron chi connectivity index (χ3n) is 3.90. The summed E-state index contributed by atoms with van der Waals surface area (Å²) in [4.78, 5) is 6.74. The van der Waals surface area contributed by atoms with Crippen LogP contribution in [0.4, 0.5) is 5.69 Å². The Balaban J connectivity index is 2.16. The fraction of sp³-hybridized carbons (Fsp3) is 0.643. The number of piperidine rings is 1. The minimum absolute atomic E-state index is 0.484. The van der Waals surface area contributed by atoms with Gasteiger partial charge in [0.1, 0.15) is 0 Å². The van der Waals surface area contributed by atoms with Crippen molar-refractivity contribution >= 4 is 5.69 Å². The minimum Gasteiger partial charge on any atom is -0.387 e. The van der Waals surface area contributed by atoms with Crippen LogP contribution in [-0.2, 0) is 0 Å². The van der Waals surface area contributed by atoms with Gasteiger partial charge in [-0.05, 0) is 44.7 Å². The van der Waals surface area contributed by atoms with Crippen molar-refractivity contribution in [3.05, 3.63) is 24.0 Å². The highest BCUT2D eigenvalue weighted by Gasteiger charge is 2.24. The first-order valence-electron chi connectivity index (χ1n) is 6.50. The molecule has 1 aliphatic rings. The van der Waals surface area contributed by atoms with Gasteiger partial charge in [0.2, 0.25) is 0 Å². The molecule has 94 valence electrons. The average Bonchev–Trinajstić information content (AvgIpc) is 2.33. The Hall–Kier alpha value is -1.09. The fourth-order valence-electron chi connectivity index (χ4n) is 2.51. The van der Waals surface area contributed by atoms with E-state index in [9.17, 15) is 5.11 Å². The van der Waals surface area contributed by atoms with Crippen LogP contribution >= 0.6 is 0 Å². The summed E-state index contributed by atoms with van der Waals surface area (Å²) in [6.07, 6.45) is 3.97. The van der Waals surface area contributed by atoms with Crippen LogP contribution in [0.1, 0.15) is 45.4 Å². The van der Waals surface area contributed by atoms with Crippen LogP contribution in [0.3, 0.4) is 0 Å². The van der Waals surface area contributed by atoms with E-state index < -0.39 is 6.10 Å². The van der Waals surface area contributed by atoms with Crippen LogP contribution in [-0.4, -0.2) is 22.7 Å². The minimum atomic E-state index is -0.484. The molecule has 3 nitrogen and oxygen atoms in total. The quantitative estimate of drug-likeness (QED) is 0.854. The predicted molar refractivity (Wildman–Crippen MR) is 70.1 cm³/mol. The molecular weight excluding hydrogens is 212 g/mol. The topological polar surface area (TPSA) is 36.4 Å². The molecule has 0 spiro atoms. The van der Waals surface area contributed by atoms with Gasteiger partial charge in [0, 0.05) is 12.6 Å². The molecule has 1 N–H and O–H groups in total. The summed E-state index contributed by atoms with van der Waals surface area (Å²) >= 11 is 0. The van der Waals surface area contributed by atoms with Gasteiger partial charge in [0.25, 0.3) is 0 Å². The summed E-state index contributed by atoms with van der Waals surface area (Å²) < 4.78 is 0. The van der Waals surface area contributed by atoms with Crippen molar-refractivity contribution in [2.24, 2.45) is 5.92 Å². The monoisotopic (exact) mass is 234 g/mol. The molecule has 0 saturated carbocycles. The molecule has 1 aromatic heterocycles. The smallest absolute Gasteiger partial charge is 0.0931 e. The lowest BCUT2D eigenvalue weighted by atomic mass is 9.92. The molecule has 0 amide bonds. The number of hydrogen-bond donors (Lipinski definition) is 1. The Bertz CT molecular complexity index is 361. The Labute approximate surface area is 103 Å². The molecule has 2 heterocycles. The zero-order chi connectivity index (χ0) is 12.4. The predicted octanol–water partition coefficient (Wildman–Crippen LogP) is 2.76. The Morgan fingerprint density at radius 1 is 1.41 bits per heavy atom. The van der Waals surface area contributed by atoms with Crippen molar-refractivity contribution in [3.63, 3.8) is 0 Å². The zero-order valence-electron chi connectivity index (χ0n) is 10.9. The molecule has 1 aliphatic heterocycles. The van der Waals surface area contributed by atoms with Crippen molar-refractivity contribution in [1.29, 1.82) is 0 Å². The molecule has 17 heavy (non-hydrogen) atoms. The number of hydrogen-bond acceptors (Lipinski definition) is 3. The maximum atomic E-state index is 9.44. The molecule has 1 fully saturated rings. The molecule has 3 unspecified atom stereocenters. The number of pyridine rings is 1. The van der Waals surface area contributed by atoms with E-state index in [1.165, 1.54) is 18.5 Å². The van der Waals surface area contributed by atoms with E-state index in [1.54, 1.807) is 6.92 Å². The standard InChI is InChI=1S/C14H22N2O/c1-10-5-4-8-16(11(10)2)13-6-7-14(12(3)17)15-9-13/h6-7,9-12,17H,4-5,8H2,1-3H3. The van der Waals surface area contributed by atoms with Gasteiger partial charge in [-0.3, -0.25) is 4.98 Å². The number of aliphatic hydroxyl groups excluding tert-OH is 1. The second kappa shape index (κ2) is 5.05. The lowest BCUT2D eigenvalue weighted by Gasteiger charge is -2.39. The van der Waals surface area contributed by atoms with E-state index in [1.807, 2.05) is 12.3 Å². The van der Waals surface area contributed by atoms with Crippen molar-refractivity contribution in [2.75, 3.05) is 11.4 Å². The first-order chi connectivity index (χ1) is 8.09. The molecule has 1 saturated heterocycles. The third kappa shape index (κ3) is 2.60. The van der Waals surface area contributed by atoms with E-state index >= 15 is 0 Å². The molecule has 0 aliphatic carbocycles. The van der Waals surface area contributed by atoms with Crippen molar-refractivity contribution in [2.45, 2.75) is 45.8 Å². The molecule has 2 rings (SSSR count). The van der Waals surface area contributed by atoms with Crippen molar-refractivity contribution < 1.29 is 5.11 Å². The zero-order valence-corrected chi connectivity index (χ0v) is 10.9. The maximum absolute atomic E-state index is 9.44. The van der Waals surface area contributed by atoms with Crippen LogP contribution in [0.25, 0.3) is 0 Å². The van der Waals surface area contributed by atoms with Gasteiger partial charge in [0.05, 0.1) is 23.7 Å². The summed E-state index contributed by atoms with van der Waals surface area (Å²) in [7, 11) is 0. The van der Waals surface area contributed by atoms with Crippen LogP contribution in [0.15, 0.2) is 18.3 Å². The lowest BCUT2D eigenvalue weighted by Crippen LogP contribution is -2.42. The number of anilines is 1. The Kier molecular flexibility index (Phi) is 3.67. The van der Waals surface area contributed by atoms with Crippen LogP contribution in [0, 0.1) is 5.92 Å². The highest BCUT2D eigenvalue weighted by atomic mass is 16.3. The summed E-state index contributed by atoms with van der Waals surface area (Å²) in [5.74, 6) is 0.736. The van der Waals surface area contributed by atoms with Crippen LogP contribution in [0.5, 0.6) is 0 Å². The van der Waals surface area contributed by atoms with E-state index in [0.29, 0.717) is 6.04 Å². The molecule has 3 atom stereocenters. The third-order valence-corrected chi connectivity index (χ3v) is 3.90. The van der Waals surface area contributed by atoms with Crippen LogP contribution < -0.4 is 4.90 Å². The highest BCUT2D eigenvalue weighted by Crippen LogP contribution is 2.28. The van der Waals surface area contributed by atoms with Crippen LogP contribution in [0.2, 0.25) is 0 Å². The Morgan fingerprint density at radius 3 is 2.76 bits per heavy atom. The first kappa shape index (κ1) is 12.4. The molecular formula is C14H22N2O. The summed E-state index contributed by atoms with van der Waals surface area (Å²) in [6, 6.07) is 4.57. The van der Waals surface area contributed by atoms with Gasteiger partial charge in [0.15, 0.2) is 0 Å². The first-order valence-corrected chi connectivity index (χ1v) is 6.50. The maximum Gasteiger partial charge on any atom is 0.0931 e. The van der Waals surface area contributed by atoms with Crippen molar-refractivity contribution in [1.82, 2.24) is 4.98 Å². The van der Waals surface area contributed by atoms with Gasteiger partial charge >= 0.3 is 0 Å². The van der Waals surface area contributed by atoms with E-state index in [-0.39, 0.29) is 0 Å². The number of rotatable bonds is 2. The molecule has 1 aromatic rings. The summed E-state index contributed by atoms with van der Waals surface area (Å²) in [6.45, 7) is 7.45. The average molecular weight is 234 g/mol. The van der Waals surface area contributed by atoms with Gasteiger partial charge in [-0.25, -0.2) is 0 Å². The fourth-order valence-corrected chi connectivity index (χ4v) is 2.51. The molecule has 3 heteroatoms. The van der Waals surface area contributed by atoms with Gasteiger partial charge in [-0.1, -0.05) is 6.92 Å². The van der Waals surface area contributed by atoms with Gasteiger partial charge in [-0.2, -0.15) is 0 Å². The molecule has 0 radical (unpaired) electrons. The van der Waals surface area contributed by atoms with E-state index in [0.717, 1.165) is 18.2 Å². The summed E-state index contributed by atoms with van der Waals surface area (Å²) in [5.41, 5.74) is 1.92. The SMILES string of the molecule is CC(O)c1ccc(N2CCCC(C)C2C)cn1. The number of aliphatic hydroxyl groups is 1. The lowest BCUT2D eigenvalue weighted by molar-refractivity contribution is 0.194. The Morgan fingerprint density at radius 2 is 2.18 bits per heavy atom. The largest absolute Gasteiger partial charge is 0.387 e. The van der Waals surface area contributed by atoms with E-state index in [2.05, 4.69) is 29.8 Å². The van der Waals surface area contributed by atoms with Gasteiger partial charge in [-0.15, -0.1) is 0 Å². The summed E-state index contributed by atoms with van der Waals surface area (Å²) in [5, 5.41) is 9.44. The number of nitrogens with zero attached hydrogens (tertiary/aromatic N) is 2. The van der Waals surface area contributed by atoms with Crippen molar-refractivity contribution in [3.8, 4) is 0 Å². The normalized spacial score (nSPS) is 26.9. The molecule has 0 aromatic carbocycles. The molecule has 0 bridgehead atoms. The second-order valence-corrected chi connectivity index (χ2v) is 5.17. The van der Waals surface area contributed by atoms with E-state index in [4.69, 9.17) is 0 Å². The number of aromatic nitrogens is 1.